The highest BCUT2D eigenvalue weighted by Crippen LogP contribution is 2.37. The van der Waals surface area contributed by atoms with Crippen molar-refractivity contribution < 1.29 is 28.0 Å². The Bertz CT molecular complexity index is 1070. The number of imide groups is 1. The number of carbonyl (C=O) groups is 4. The lowest BCUT2D eigenvalue weighted by molar-refractivity contribution is -0.124. The van der Waals surface area contributed by atoms with Gasteiger partial charge in [0.05, 0.1) is 0 Å². The van der Waals surface area contributed by atoms with Gasteiger partial charge < -0.3 is 5.32 Å². The number of hydrogen-bond acceptors (Lipinski definition) is 4. The van der Waals surface area contributed by atoms with Crippen LogP contribution in [0.2, 0.25) is 0 Å². The highest BCUT2D eigenvalue weighted by Gasteiger charge is 2.42. The standard InChI is InChI=1S/C24H24F2N2O4/c1-12-9-13(2)19(14(3)10-12)21-18(29)11-15(22(21)30)7-8-27-24(32)28-23(31)20-16(25)5-4-6-17(20)26/h4-6,9-10,15,21H,7-8,11H2,1-3H3,(H2,27,28,31,32). The number of hydrogen-bond donors (Lipinski definition) is 2. The molecule has 0 aliphatic heterocycles. The van der Waals surface area contributed by atoms with E-state index in [1.807, 2.05) is 38.2 Å². The van der Waals surface area contributed by atoms with Crippen molar-refractivity contribution in [2.24, 2.45) is 5.92 Å². The molecule has 0 aromatic heterocycles. The molecule has 1 saturated carbocycles. The number of urea groups is 1. The molecule has 32 heavy (non-hydrogen) atoms. The maximum atomic E-state index is 13.6. The molecule has 3 rings (SSSR count). The number of benzene rings is 2. The fraction of sp³-hybridized carbons (Fsp3) is 0.333. The van der Waals surface area contributed by atoms with Gasteiger partial charge in [0.2, 0.25) is 0 Å². The van der Waals surface area contributed by atoms with Crippen molar-refractivity contribution in [1.82, 2.24) is 10.6 Å². The van der Waals surface area contributed by atoms with E-state index in [-0.39, 0.29) is 31.0 Å². The summed E-state index contributed by atoms with van der Waals surface area (Å²) in [6.07, 6.45) is 0.291. The summed E-state index contributed by atoms with van der Waals surface area (Å²) in [5.74, 6) is -5.07. The van der Waals surface area contributed by atoms with Crippen molar-refractivity contribution in [1.29, 1.82) is 0 Å². The molecule has 2 unspecified atom stereocenters. The summed E-state index contributed by atoms with van der Waals surface area (Å²) >= 11 is 0. The third kappa shape index (κ3) is 4.74. The average Bonchev–Trinajstić information content (AvgIpc) is 2.95. The van der Waals surface area contributed by atoms with E-state index in [1.54, 1.807) is 0 Å². The number of aryl methyl sites for hydroxylation is 3. The fourth-order valence-electron chi connectivity index (χ4n) is 4.33. The zero-order valence-electron chi connectivity index (χ0n) is 18.1. The van der Waals surface area contributed by atoms with Gasteiger partial charge in [-0.1, -0.05) is 23.8 Å². The molecule has 0 radical (unpaired) electrons. The minimum atomic E-state index is -1.21. The Hall–Kier alpha value is -3.42. The van der Waals surface area contributed by atoms with Crippen molar-refractivity contribution >= 4 is 23.5 Å². The fourth-order valence-corrected chi connectivity index (χ4v) is 4.33. The van der Waals surface area contributed by atoms with Crippen LogP contribution in [-0.4, -0.2) is 30.0 Å². The van der Waals surface area contributed by atoms with Crippen LogP contribution in [0.5, 0.6) is 0 Å². The third-order valence-corrected chi connectivity index (χ3v) is 5.68. The Morgan fingerprint density at radius 1 is 1.03 bits per heavy atom. The molecule has 0 saturated heterocycles. The van der Waals surface area contributed by atoms with Gasteiger partial charge in [-0.25, -0.2) is 13.6 Å². The van der Waals surface area contributed by atoms with Crippen LogP contribution in [0.3, 0.4) is 0 Å². The summed E-state index contributed by atoms with van der Waals surface area (Å²) in [6.45, 7) is 5.73. The maximum absolute atomic E-state index is 13.6. The maximum Gasteiger partial charge on any atom is 0.321 e. The molecule has 0 spiro atoms. The summed E-state index contributed by atoms with van der Waals surface area (Å²) in [7, 11) is 0. The smallest absolute Gasteiger partial charge is 0.321 e. The molecule has 2 N–H and O–H groups in total. The topological polar surface area (TPSA) is 92.3 Å². The largest absolute Gasteiger partial charge is 0.338 e. The van der Waals surface area contributed by atoms with Crippen molar-refractivity contribution in [2.75, 3.05) is 6.54 Å². The van der Waals surface area contributed by atoms with Gasteiger partial charge in [-0.05, 0) is 56.0 Å². The molecule has 0 heterocycles. The number of Topliss-reactive ketones (excluding diaryl/α,β-unsaturated/α-hetero) is 2. The molecule has 1 aliphatic carbocycles. The summed E-state index contributed by atoms with van der Waals surface area (Å²) in [4.78, 5) is 49.4. The number of amides is 3. The SMILES string of the molecule is Cc1cc(C)c(C2C(=O)CC(CCNC(=O)NC(=O)c3c(F)cccc3F)C2=O)c(C)c1. The lowest BCUT2D eigenvalue weighted by atomic mass is 9.86. The van der Waals surface area contributed by atoms with E-state index < -0.39 is 41.0 Å². The van der Waals surface area contributed by atoms with E-state index in [2.05, 4.69) is 5.32 Å². The highest BCUT2D eigenvalue weighted by atomic mass is 19.1. The Balaban J connectivity index is 1.58. The van der Waals surface area contributed by atoms with Crippen LogP contribution in [0, 0.1) is 38.3 Å². The Morgan fingerprint density at radius 3 is 2.22 bits per heavy atom. The lowest BCUT2D eigenvalue weighted by Crippen LogP contribution is -2.41. The molecule has 6 nitrogen and oxygen atoms in total. The first-order valence-corrected chi connectivity index (χ1v) is 10.3. The first-order chi connectivity index (χ1) is 15.1. The van der Waals surface area contributed by atoms with Gasteiger partial charge >= 0.3 is 6.03 Å². The predicted octanol–water partition coefficient (Wildman–Crippen LogP) is 3.66. The van der Waals surface area contributed by atoms with Gasteiger partial charge in [-0.2, -0.15) is 0 Å². The summed E-state index contributed by atoms with van der Waals surface area (Å²) < 4.78 is 27.3. The molecule has 2 aromatic carbocycles. The van der Waals surface area contributed by atoms with E-state index >= 15 is 0 Å². The monoisotopic (exact) mass is 442 g/mol. The van der Waals surface area contributed by atoms with Crippen LogP contribution in [0.1, 0.15) is 51.4 Å². The predicted molar refractivity (Wildman–Crippen MR) is 113 cm³/mol. The van der Waals surface area contributed by atoms with Gasteiger partial charge in [0.1, 0.15) is 28.9 Å². The Morgan fingerprint density at radius 2 is 1.62 bits per heavy atom. The molecule has 1 aliphatic rings. The Kier molecular flexibility index (Phi) is 6.81. The first-order valence-electron chi connectivity index (χ1n) is 10.3. The molecule has 2 atom stereocenters. The highest BCUT2D eigenvalue weighted by molar-refractivity contribution is 6.15. The van der Waals surface area contributed by atoms with Crippen LogP contribution in [0.25, 0.3) is 0 Å². The van der Waals surface area contributed by atoms with Crippen molar-refractivity contribution in [3.8, 4) is 0 Å². The molecule has 2 aromatic rings. The van der Waals surface area contributed by atoms with Gasteiger partial charge in [-0.3, -0.25) is 19.7 Å². The van der Waals surface area contributed by atoms with E-state index in [9.17, 15) is 28.0 Å². The molecule has 0 bridgehead atoms. The van der Waals surface area contributed by atoms with Gasteiger partial charge in [0, 0.05) is 18.9 Å². The second-order valence-electron chi connectivity index (χ2n) is 8.11. The average molecular weight is 442 g/mol. The van der Waals surface area contributed by atoms with Crippen LogP contribution < -0.4 is 10.6 Å². The van der Waals surface area contributed by atoms with Gasteiger partial charge in [-0.15, -0.1) is 0 Å². The van der Waals surface area contributed by atoms with E-state index in [0.717, 1.165) is 40.5 Å². The zero-order valence-corrected chi connectivity index (χ0v) is 18.1. The molecular formula is C24H24F2N2O4. The van der Waals surface area contributed by atoms with Crippen LogP contribution in [-0.2, 0) is 9.59 Å². The zero-order chi connectivity index (χ0) is 23.6. The number of carbonyl (C=O) groups excluding carboxylic acids is 4. The number of halogens is 2. The first kappa shape index (κ1) is 23.2. The van der Waals surface area contributed by atoms with E-state index in [4.69, 9.17) is 0 Å². The summed E-state index contributed by atoms with van der Waals surface area (Å²) in [5.41, 5.74) is 2.73. The quantitative estimate of drug-likeness (QED) is 0.692. The molecule has 8 heteroatoms. The van der Waals surface area contributed by atoms with Crippen molar-refractivity contribution in [3.05, 3.63) is 69.8 Å². The normalized spacial score (nSPS) is 18.0. The summed E-state index contributed by atoms with van der Waals surface area (Å²) in [5, 5.41) is 4.25. The molecule has 3 amide bonds. The van der Waals surface area contributed by atoms with Gasteiger partial charge in [0.25, 0.3) is 5.91 Å². The lowest BCUT2D eigenvalue weighted by Gasteiger charge is -2.16. The van der Waals surface area contributed by atoms with Crippen LogP contribution >= 0.6 is 0 Å². The number of rotatable bonds is 5. The minimum absolute atomic E-state index is 0.0150. The van der Waals surface area contributed by atoms with Gasteiger partial charge in [0.15, 0.2) is 5.78 Å². The second kappa shape index (κ2) is 9.38. The molecule has 168 valence electrons. The molecule has 1 fully saturated rings. The summed E-state index contributed by atoms with van der Waals surface area (Å²) in [6, 6.07) is 5.86. The number of ketones is 2. The van der Waals surface area contributed by atoms with E-state index in [1.165, 1.54) is 0 Å². The van der Waals surface area contributed by atoms with Crippen LogP contribution in [0.15, 0.2) is 30.3 Å². The Labute approximate surface area is 184 Å². The minimum Gasteiger partial charge on any atom is -0.338 e. The van der Waals surface area contributed by atoms with Crippen LogP contribution in [0.4, 0.5) is 13.6 Å². The molecular weight excluding hydrogens is 418 g/mol. The third-order valence-electron chi connectivity index (χ3n) is 5.68. The number of nitrogens with one attached hydrogen (secondary N) is 2. The van der Waals surface area contributed by atoms with E-state index in [0.29, 0.717) is 0 Å². The second-order valence-corrected chi connectivity index (χ2v) is 8.11. The van der Waals surface area contributed by atoms with Crippen molar-refractivity contribution in [3.63, 3.8) is 0 Å². The van der Waals surface area contributed by atoms with Crippen molar-refractivity contribution in [2.45, 2.75) is 39.5 Å².